The summed E-state index contributed by atoms with van der Waals surface area (Å²) in [6.45, 7) is 9.75. The number of hydrogen-bond acceptors (Lipinski definition) is 4. The van der Waals surface area contributed by atoms with Crippen LogP contribution in [0.15, 0.2) is 18.2 Å². The Labute approximate surface area is 136 Å². The van der Waals surface area contributed by atoms with Crippen LogP contribution in [0, 0.1) is 5.82 Å². The zero-order valence-corrected chi connectivity index (χ0v) is 14.0. The van der Waals surface area contributed by atoms with Crippen molar-refractivity contribution in [2.45, 2.75) is 20.0 Å². The summed E-state index contributed by atoms with van der Waals surface area (Å²) in [7, 11) is 1.74. The SMILES string of the molecule is CCn1c(CN2CCN(CCOC)CC2)nc2cc(F)ccc21. The lowest BCUT2D eigenvalue weighted by Crippen LogP contribution is -2.47. The molecule has 0 aliphatic carbocycles. The van der Waals surface area contributed by atoms with E-state index in [1.165, 1.54) is 12.1 Å². The third-order valence-corrected chi connectivity index (χ3v) is 4.55. The third-order valence-electron chi connectivity index (χ3n) is 4.55. The van der Waals surface area contributed by atoms with Gasteiger partial charge in [0.05, 0.1) is 24.2 Å². The van der Waals surface area contributed by atoms with Crippen molar-refractivity contribution in [1.29, 1.82) is 0 Å². The standard InChI is InChI=1S/C17H25FN4O/c1-3-22-16-5-4-14(18)12-15(16)19-17(22)13-21-8-6-20(7-9-21)10-11-23-2/h4-5,12H,3,6-11,13H2,1-2H3. The van der Waals surface area contributed by atoms with Gasteiger partial charge in [0.1, 0.15) is 11.6 Å². The Morgan fingerprint density at radius 2 is 1.91 bits per heavy atom. The number of piperazine rings is 1. The van der Waals surface area contributed by atoms with E-state index in [0.717, 1.165) is 69.3 Å². The van der Waals surface area contributed by atoms with Crippen LogP contribution in [0.25, 0.3) is 11.0 Å². The van der Waals surface area contributed by atoms with Gasteiger partial charge in [-0.2, -0.15) is 0 Å². The maximum absolute atomic E-state index is 13.4. The number of hydrogen-bond donors (Lipinski definition) is 0. The van der Waals surface area contributed by atoms with Crippen LogP contribution in [0.5, 0.6) is 0 Å². The molecular formula is C17H25FN4O. The van der Waals surface area contributed by atoms with Crippen LogP contribution in [-0.2, 0) is 17.8 Å². The van der Waals surface area contributed by atoms with Crippen LogP contribution in [0.1, 0.15) is 12.7 Å². The van der Waals surface area contributed by atoms with Crippen LogP contribution in [0.3, 0.4) is 0 Å². The highest BCUT2D eigenvalue weighted by Gasteiger charge is 2.19. The fraction of sp³-hybridized carbons (Fsp3) is 0.588. The molecule has 1 saturated heterocycles. The topological polar surface area (TPSA) is 33.5 Å². The van der Waals surface area contributed by atoms with Gasteiger partial charge in [-0.05, 0) is 19.1 Å². The van der Waals surface area contributed by atoms with Gasteiger partial charge in [0.2, 0.25) is 0 Å². The number of rotatable bonds is 6. The Morgan fingerprint density at radius 3 is 2.61 bits per heavy atom. The molecule has 0 saturated carbocycles. The first-order chi connectivity index (χ1) is 11.2. The summed E-state index contributed by atoms with van der Waals surface area (Å²) in [6.07, 6.45) is 0. The van der Waals surface area contributed by atoms with Gasteiger partial charge in [-0.1, -0.05) is 0 Å². The van der Waals surface area contributed by atoms with Crippen molar-refractivity contribution in [3.05, 3.63) is 29.8 Å². The minimum atomic E-state index is -0.225. The fourth-order valence-corrected chi connectivity index (χ4v) is 3.22. The van der Waals surface area contributed by atoms with Crippen LogP contribution in [-0.4, -0.2) is 65.8 Å². The van der Waals surface area contributed by atoms with Gasteiger partial charge < -0.3 is 9.30 Å². The normalized spacial score (nSPS) is 17.2. The fourth-order valence-electron chi connectivity index (χ4n) is 3.22. The molecule has 0 spiro atoms. The van der Waals surface area contributed by atoms with E-state index < -0.39 is 0 Å². The van der Waals surface area contributed by atoms with Crippen molar-refractivity contribution >= 4 is 11.0 Å². The Balaban J connectivity index is 1.68. The number of halogens is 1. The van der Waals surface area contributed by atoms with Crippen molar-refractivity contribution in [3.63, 3.8) is 0 Å². The molecule has 126 valence electrons. The predicted octanol–water partition coefficient (Wildman–Crippen LogP) is 1.96. The highest BCUT2D eigenvalue weighted by Crippen LogP contribution is 2.19. The second kappa shape index (κ2) is 7.38. The smallest absolute Gasteiger partial charge is 0.125 e. The van der Waals surface area contributed by atoms with Gasteiger partial charge in [0.15, 0.2) is 0 Å². The van der Waals surface area contributed by atoms with E-state index in [1.807, 2.05) is 6.07 Å². The lowest BCUT2D eigenvalue weighted by molar-refractivity contribution is 0.0921. The van der Waals surface area contributed by atoms with E-state index in [9.17, 15) is 4.39 Å². The van der Waals surface area contributed by atoms with Crippen molar-refractivity contribution in [2.75, 3.05) is 46.4 Å². The number of benzene rings is 1. The number of nitrogens with zero attached hydrogens (tertiary/aromatic N) is 4. The maximum atomic E-state index is 13.4. The van der Waals surface area contributed by atoms with Gasteiger partial charge in [0, 0.05) is 52.4 Å². The van der Waals surface area contributed by atoms with Gasteiger partial charge in [0.25, 0.3) is 0 Å². The molecule has 5 nitrogen and oxygen atoms in total. The van der Waals surface area contributed by atoms with Gasteiger partial charge in [-0.15, -0.1) is 0 Å². The van der Waals surface area contributed by atoms with Gasteiger partial charge in [-0.25, -0.2) is 9.37 Å². The zero-order chi connectivity index (χ0) is 16.2. The lowest BCUT2D eigenvalue weighted by Gasteiger charge is -2.34. The molecule has 0 atom stereocenters. The van der Waals surface area contributed by atoms with Crippen molar-refractivity contribution < 1.29 is 9.13 Å². The largest absolute Gasteiger partial charge is 0.383 e. The third kappa shape index (κ3) is 3.71. The molecule has 0 unspecified atom stereocenters. The molecule has 0 radical (unpaired) electrons. The van der Waals surface area contributed by atoms with Crippen LogP contribution < -0.4 is 0 Å². The Bertz CT molecular complexity index is 649. The summed E-state index contributed by atoms with van der Waals surface area (Å²) in [5.41, 5.74) is 1.77. The molecule has 3 rings (SSSR count). The van der Waals surface area contributed by atoms with Crippen LogP contribution >= 0.6 is 0 Å². The number of aromatic nitrogens is 2. The molecule has 1 aliphatic rings. The summed E-state index contributed by atoms with van der Waals surface area (Å²) in [6, 6.07) is 4.86. The molecule has 0 bridgehead atoms. The minimum absolute atomic E-state index is 0.225. The number of fused-ring (bicyclic) bond motifs is 1. The summed E-state index contributed by atoms with van der Waals surface area (Å²) in [4.78, 5) is 9.51. The summed E-state index contributed by atoms with van der Waals surface area (Å²) in [5.74, 6) is 0.801. The first-order valence-electron chi connectivity index (χ1n) is 8.29. The molecule has 0 amide bonds. The average molecular weight is 320 g/mol. The molecule has 23 heavy (non-hydrogen) atoms. The lowest BCUT2D eigenvalue weighted by atomic mass is 10.3. The number of imidazole rings is 1. The van der Waals surface area contributed by atoms with Gasteiger partial charge in [-0.3, -0.25) is 9.80 Å². The quantitative estimate of drug-likeness (QED) is 0.815. The highest BCUT2D eigenvalue weighted by atomic mass is 19.1. The van der Waals surface area contributed by atoms with Crippen molar-refractivity contribution in [1.82, 2.24) is 19.4 Å². The second-order valence-electron chi connectivity index (χ2n) is 6.02. The van der Waals surface area contributed by atoms with E-state index in [-0.39, 0.29) is 5.82 Å². The molecule has 1 aromatic heterocycles. The monoisotopic (exact) mass is 320 g/mol. The number of ether oxygens (including phenoxy) is 1. The molecule has 2 aromatic rings. The van der Waals surface area contributed by atoms with E-state index in [0.29, 0.717) is 0 Å². The van der Waals surface area contributed by atoms with Crippen LogP contribution in [0.4, 0.5) is 4.39 Å². The molecule has 0 N–H and O–H groups in total. The van der Waals surface area contributed by atoms with Crippen molar-refractivity contribution in [3.8, 4) is 0 Å². The van der Waals surface area contributed by atoms with E-state index in [2.05, 4.69) is 26.3 Å². The summed E-state index contributed by atoms with van der Waals surface area (Å²) in [5, 5.41) is 0. The zero-order valence-electron chi connectivity index (χ0n) is 14.0. The predicted molar refractivity (Wildman–Crippen MR) is 89.0 cm³/mol. The summed E-state index contributed by atoms with van der Waals surface area (Å²) < 4.78 is 20.7. The molecule has 1 fully saturated rings. The average Bonchev–Trinajstić information content (AvgIpc) is 2.90. The Hall–Kier alpha value is -1.50. The molecule has 2 heterocycles. The number of methoxy groups -OCH3 is 1. The molecular weight excluding hydrogens is 295 g/mol. The summed E-state index contributed by atoms with van der Waals surface area (Å²) >= 11 is 0. The van der Waals surface area contributed by atoms with Crippen molar-refractivity contribution in [2.24, 2.45) is 0 Å². The van der Waals surface area contributed by atoms with E-state index in [4.69, 9.17) is 4.74 Å². The first kappa shape index (κ1) is 16.4. The molecule has 6 heteroatoms. The van der Waals surface area contributed by atoms with Crippen LogP contribution in [0.2, 0.25) is 0 Å². The number of aryl methyl sites for hydroxylation is 1. The Kier molecular flexibility index (Phi) is 5.25. The Morgan fingerprint density at radius 1 is 1.17 bits per heavy atom. The van der Waals surface area contributed by atoms with E-state index in [1.54, 1.807) is 7.11 Å². The minimum Gasteiger partial charge on any atom is -0.383 e. The molecule has 1 aromatic carbocycles. The molecule has 1 aliphatic heterocycles. The van der Waals surface area contributed by atoms with Gasteiger partial charge >= 0.3 is 0 Å². The van der Waals surface area contributed by atoms with E-state index >= 15 is 0 Å². The second-order valence-corrected chi connectivity index (χ2v) is 6.02. The first-order valence-corrected chi connectivity index (χ1v) is 8.29. The highest BCUT2D eigenvalue weighted by molar-refractivity contribution is 5.76. The maximum Gasteiger partial charge on any atom is 0.125 e.